The molecule has 0 aliphatic carbocycles. The Kier molecular flexibility index (Phi) is 9.12. The van der Waals surface area contributed by atoms with Crippen molar-refractivity contribution in [1.29, 1.82) is 0 Å². The van der Waals surface area contributed by atoms with Crippen LogP contribution in [-0.2, 0) is 0 Å². The van der Waals surface area contributed by atoms with E-state index in [2.05, 4.69) is 63.7 Å². The van der Waals surface area contributed by atoms with E-state index < -0.39 is 0 Å². The zero-order valence-corrected chi connectivity index (χ0v) is 14.7. The predicted octanol–water partition coefficient (Wildman–Crippen LogP) is 6.97. The predicted molar refractivity (Wildman–Crippen MR) is 98.9 cm³/mol. The molecule has 0 fully saturated rings. The molecule has 21 heavy (non-hydrogen) atoms. The molecule has 2 rings (SSSR count). The van der Waals surface area contributed by atoms with Crippen molar-refractivity contribution in [2.75, 3.05) is 0 Å². The van der Waals surface area contributed by atoms with E-state index in [1.807, 2.05) is 33.8 Å². The molecule has 0 radical (unpaired) electrons. The van der Waals surface area contributed by atoms with Crippen molar-refractivity contribution < 1.29 is 0 Å². The standard InChI is InChI=1S/C17H18.2C2H6/c1-5-16-14(4)7-6-8-17(16)15-10-12(2)9-13(3)11-15;2*1-2/h5-11H,1H2,2-4H3;2*1-2H3. The highest BCUT2D eigenvalue weighted by Crippen LogP contribution is 2.28. The van der Waals surface area contributed by atoms with Gasteiger partial charge < -0.3 is 0 Å². The van der Waals surface area contributed by atoms with E-state index in [9.17, 15) is 0 Å². The first kappa shape index (κ1) is 19.2. The van der Waals surface area contributed by atoms with Crippen LogP contribution >= 0.6 is 0 Å². The van der Waals surface area contributed by atoms with Gasteiger partial charge >= 0.3 is 0 Å². The molecule has 0 amide bonds. The molecule has 0 bridgehead atoms. The molecule has 0 saturated carbocycles. The maximum absolute atomic E-state index is 3.92. The van der Waals surface area contributed by atoms with Gasteiger partial charge in [-0.3, -0.25) is 0 Å². The van der Waals surface area contributed by atoms with E-state index in [1.54, 1.807) is 0 Å². The SMILES string of the molecule is C=Cc1c(C)cccc1-c1cc(C)cc(C)c1.CC.CC. The third-order valence-electron chi connectivity index (χ3n) is 3.06. The summed E-state index contributed by atoms with van der Waals surface area (Å²) >= 11 is 0. The smallest absolute Gasteiger partial charge is 0.0109 e. The van der Waals surface area contributed by atoms with Gasteiger partial charge in [0.1, 0.15) is 0 Å². The zero-order valence-electron chi connectivity index (χ0n) is 14.7. The fourth-order valence-electron chi connectivity index (χ4n) is 2.33. The Morgan fingerprint density at radius 1 is 0.810 bits per heavy atom. The van der Waals surface area contributed by atoms with Gasteiger partial charge in [0.2, 0.25) is 0 Å². The molecule has 0 spiro atoms. The summed E-state index contributed by atoms with van der Waals surface area (Å²) in [4.78, 5) is 0. The Hall–Kier alpha value is -1.82. The van der Waals surface area contributed by atoms with Gasteiger partial charge in [0.15, 0.2) is 0 Å². The van der Waals surface area contributed by atoms with E-state index >= 15 is 0 Å². The van der Waals surface area contributed by atoms with Gasteiger partial charge in [-0.05, 0) is 43.0 Å². The molecule has 0 atom stereocenters. The zero-order chi connectivity index (χ0) is 16.4. The van der Waals surface area contributed by atoms with Gasteiger partial charge in [-0.2, -0.15) is 0 Å². The summed E-state index contributed by atoms with van der Waals surface area (Å²) in [5.41, 5.74) is 7.66. The van der Waals surface area contributed by atoms with Gasteiger partial charge in [-0.15, -0.1) is 0 Å². The fraction of sp³-hybridized carbons (Fsp3) is 0.333. The van der Waals surface area contributed by atoms with Gasteiger partial charge in [-0.25, -0.2) is 0 Å². The molecule has 0 aliphatic rings. The minimum Gasteiger partial charge on any atom is -0.0984 e. The monoisotopic (exact) mass is 282 g/mol. The molecule has 0 heterocycles. The summed E-state index contributed by atoms with van der Waals surface area (Å²) in [6.07, 6.45) is 1.95. The highest BCUT2D eigenvalue weighted by Gasteiger charge is 2.05. The van der Waals surface area contributed by atoms with Gasteiger partial charge in [0.25, 0.3) is 0 Å². The van der Waals surface area contributed by atoms with E-state index in [0.717, 1.165) is 0 Å². The van der Waals surface area contributed by atoms with E-state index in [-0.39, 0.29) is 0 Å². The average molecular weight is 282 g/mol. The molecule has 2 aromatic carbocycles. The molecular weight excluding hydrogens is 252 g/mol. The van der Waals surface area contributed by atoms with Crippen LogP contribution in [0.4, 0.5) is 0 Å². The first-order chi connectivity index (χ1) is 10.1. The number of aryl methyl sites for hydroxylation is 3. The van der Waals surface area contributed by atoms with Gasteiger partial charge in [0.05, 0.1) is 0 Å². The third kappa shape index (κ3) is 5.23. The quantitative estimate of drug-likeness (QED) is 0.557. The van der Waals surface area contributed by atoms with Crippen LogP contribution in [0.2, 0.25) is 0 Å². The molecule has 0 heteroatoms. The van der Waals surface area contributed by atoms with Gasteiger partial charge in [-0.1, -0.05) is 87.9 Å². The molecule has 2 aromatic rings. The fourth-order valence-corrected chi connectivity index (χ4v) is 2.33. The minimum atomic E-state index is 1.23. The lowest BCUT2D eigenvalue weighted by atomic mass is 9.94. The number of hydrogen-bond acceptors (Lipinski definition) is 0. The molecule has 0 saturated heterocycles. The molecule has 114 valence electrons. The lowest BCUT2D eigenvalue weighted by Crippen LogP contribution is -1.88. The largest absolute Gasteiger partial charge is 0.0984 e. The summed E-state index contributed by atoms with van der Waals surface area (Å²) < 4.78 is 0. The summed E-state index contributed by atoms with van der Waals surface area (Å²) in [5, 5.41) is 0. The lowest BCUT2D eigenvalue weighted by molar-refractivity contribution is 1.37. The van der Waals surface area contributed by atoms with Crippen LogP contribution in [0.3, 0.4) is 0 Å². The van der Waals surface area contributed by atoms with Crippen molar-refractivity contribution in [3.63, 3.8) is 0 Å². The Morgan fingerprint density at radius 3 is 1.81 bits per heavy atom. The first-order valence-corrected chi connectivity index (χ1v) is 7.92. The van der Waals surface area contributed by atoms with Gasteiger partial charge in [0, 0.05) is 0 Å². The number of hydrogen-bond donors (Lipinski definition) is 0. The maximum Gasteiger partial charge on any atom is -0.0109 e. The summed E-state index contributed by atoms with van der Waals surface area (Å²) in [6.45, 7) is 18.3. The number of rotatable bonds is 2. The average Bonchev–Trinajstić information content (AvgIpc) is 2.50. The second-order valence-corrected chi connectivity index (χ2v) is 4.62. The second-order valence-electron chi connectivity index (χ2n) is 4.62. The third-order valence-corrected chi connectivity index (χ3v) is 3.06. The van der Waals surface area contributed by atoms with Crippen LogP contribution in [0.15, 0.2) is 43.0 Å². The van der Waals surface area contributed by atoms with Crippen LogP contribution in [0.1, 0.15) is 49.9 Å². The van der Waals surface area contributed by atoms with Crippen molar-refractivity contribution in [1.82, 2.24) is 0 Å². The normalized spacial score (nSPS) is 8.90. The molecule has 0 aromatic heterocycles. The highest BCUT2D eigenvalue weighted by atomic mass is 14.1. The Bertz CT molecular complexity index is 542. The van der Waals surface area contributed by atoms with Crippen molar-refractivity contribution >= 4 is 6.08 Å². The topological polar surface area (TPSA) is 0 Å². The van der Waals surface area contributed by atoms with Crippen LogP contribution in [-0.4, -0.2) is 0 Å². The van der Waals surface area contributed by atoms with Crippen molar-refractivity contribution in [3.8, 4) is 11.1 Å². The summed E-state index contributed by atoms with van der Waals surface area (Å²) in [6, 6.07) is 13.1. The Morgan fingerprint density at radius 2 is 1.33 bits per heavy atom. The molecule has 0 aliphatic heterocycles. The van der Waals surface area contributed by atoms with Crippen LogP contribution < -0.4 is 0 Å². The van der Waals surface area contributed by atoms with E-state index in [4.69, 9.17) is 0 Å². The van der Waals surface area contributed by atoms with Crippen LogP contribution in [0.25, 0.3) is 17.2 Å². The highest BCUT2D eigenvalue weighted by molar-refractivity contribution is 5.77. The molecule has 0 N–H and O–H groups in total. The Balaban J connectivity index is 0.000000921. The van der Waals surface area contributed by atoms with E-state index in [0.29, 0.717) is 0 Å². The first-order valence-electron chi connectivity index (χ1n) is 7.92. The number of benzene rings is 2. The Labute approximate surface area is 131 Å². The van der Waals surface area contributed by atoms with E-state index in [1.165, 1.54) is 33.4 Å². The summed E-state index contributed by atoms with van der Waals surface area (Å²) in [5.74, 6) is 0. The second kappa shape index (κ2) is 9.99. The van der Waals surface area contributed by atoms with Crippen LogP contribution in [0, 0.1) is 20.8 Å². The van der Waals surface area contributed by atoms with Crippen molar-refractivity contribution in [2.24, 2.45) is 0 Å². The van der Waals surface area contributed by atoms with Crippen molar-refractivity contribution in [2.45, 2.75) is 48.5 Å². The lowest BCUT2D eigenvalue weighted by Gasteiger charge is -2.11. The minimum absolute atomic E-state index is 1.23. The molecule has 0 nitrogen and oxygen atoms in total. The molecule has 0 unspecified atom stereocenters. The van der Waals surface area contributed by atoms with Crippen LogP contribution in [0.5, 0.6) is 0 Å². The summed E-state index contributed by atoms with van der Waals surface area (Å²) in [7, 11) is 0. The van der Waals surface area contributed by atoms with Crippen molar-refractivity contribution in [3.05, 3.63) is 65.2 Å². The maximum atomic E-state index is 3.92. The molecular formula is C21H30.